The third-order valence-electron chi connectivity index (χ3n) is 10.9. The van der Waals surface area contributed by atoms with Crippen molar-refractivity contribution >= 4 is 59.3 Å². The number of alkyl carbamates (subject to hydrolysis) is 1. The molecule has 0 saturated carbocycles. The van der Waals surface area contributed by atoms with Crippen molar-refractivity contribution in [2.24, 2.45) is 11.7 Å². The molecule has 2 heterocycles. The number of amides is 7. The summed E-state index contributed by atoms with van der Waals surface area (Å²) >= 11 is 0. The molecule has 2 aliphatic rings. The Labute approximate surface area is 412 Å². The highest BCUT2D eigenvalue weighted by Gasteiger charge is 2.58. The lowest BCUT2D eigenvalue weighted by Crippen LogP contribution is -2.58. The van der Waals surface area contributed by atoms with Gasteiger partial charge in [0.2, 0.25) is 23.6 Å². The van der Waals surface area contributed by atoms with E-state index in [0.29, 0.717) is 11.1 Å². The van der Waals surface area contributed by atoms with E-state index < -0.39 is 107 Å². The number of nitrogens with two attached hydrogens (primary N) is 1. The number of primary amides is 1. The fourth-order valence-electron chi connectivity index (χ4n) is 7.36. The molecule has 25 nitrogen and oxygen atoms in total. The van der Waals surface area contributed by atoms with E-state index in [1.54, 1.807) is 70.2 Å². The summed E-state index contributed by atoms with van der Waals surface area (Å²) in [5.74, 6) is -5.41. The molecule has 388 valence electrons. The van der Waals surface area contributed by atoms with Crippen LogP contribution in [0.2, 0.25) is 0 Å². The second-order valence-corrected chi connectivity index (χ2v) is 17.2. The third-order valence-corrected chi connectivity index (χ3v) is 10.9. The molecule has 3 aromatic rings. The number of carbonyl (C=O) groups is 8. The van der Waals surface area contributed by atoms with Crippen molar-refractivity contribution in [3.8, 4) is 5.75 Å². The van der Waals surface area contributed by atoms with Gasteiger partial charge in [0.05, 0.1) is 12.0 Å². The van der Waals surface area contributed by atoms with Gasteiger partial charge in [-0.2, -0.15) is 0 Å². The first-order valence-electron chi connectivity index (χ1n) is 22.7. The van der Waals surface area contributed by atoms with Crippen LogP contribution in [0.1, 0.15) is 64.5 Å². The van der Waals surface area contributed by atoms with Gasteiger partial charge in [0.15, 0.2) is 18.1 Å². The van der Waals surface area contributed by atoms with Gasteiger partial charge in [-0.3, -0.25) is 29.3 Å². The molecular formula is C47H58N8O17. The van der Waals surface area contributed by atoms with Crippen molar-refractivity contribution in [2.45, 2.75) is 115 Å². The molecule has 2 saturated heterocycles. The maximum atomic E-state index is 14.1. The minimum atomic E-state index is -1.45. The van der Waals surface area contributed by atoms with Gasteiger partial charge in [0.25, 0.3) is 5.69 Å². The van der Waals surface area contributed by atoms with Crippen LogP contribution in [0, 0.1) is 16.0 Å². The van der Waals surface area contributed by atoms with Gasteiger partial charge in [-0.25, -0.2) is 19.2 Å². The number of methoxy groups -OCH3 is 1. The van der Waals surface area contributed by atoms with E-state index in [-0.39, 0.29) is 62.6 Å². The lowest BCUT2D eigenvalue weighted by molar-refractivity contribution is -0.384. The fourth-order valence-corrected chi connectivity index (χ4v) is 7.36. The Morgan fingerprint density at radius 1 is 0.778 bits per heavy atom. The molecule has 0 radical (unpaired) electrons. The standard InChI is InChI=1S/C47H58N8O17/c1-26(2)35(41(59)51-32(12-9-23-49-44(48)61)39(57)50-29-15-13-28(14-16-29)25-68-46(63)69-31-19-17-30(18-20-31)55(64)65)54-40(58)33(52-45(62)67-24-27-10-7-6-8-11-27)21-22-34(56)53-42-37-36(71-47(3,4)72-37)38(70-42)43(60)66-5/h6-8,10-11,13-20,26,32-33,35-38,42H,9,12,21-25H2,1-5H3,(H,50,57)(H,51,59)(H,52,62)(H,53,56)(H,54,58)(H3,48,49,61)/t32-,33-,35-,36-,37+,38-,42+/m0/s1. The number of hydrogen-bond donors (Lipinski definition) is 7. The Kier molecular flexibility index (Phi) is 19.7. The first-order valence-corrected chi connectivity index (χ1v) is 22.7. The molecule has 3 aromatic carbocycles. The minimum absolute atomic E-state index is 0.00664. The first kappa shape index (κ1) is 55.0. The molecule has 2 aliphatic heterocycles. The summed E-state index contributed by atoms with van der Waals surface area (Å²) < 4.78 is 37.9. The summed E-state index contributed by atoms with van der Waals surface area (Å²) in [6, 6.07) is 14.9. The topological polar surface area (TPSA) is 343 Å². The molecule has 8 N–H and O–H groups in total. The van der Waals surface area contributed by atoms with Crippen LogP contribution < -0.4 is 42.4 Å². The Bertz CT molecular complexity index is 2410. The van der Waals surface area contributed by atoms with Crippen molar-refractivity contribution in [1.29, 1.82) is 0 Å². The Morgan fingerprint density at radius 2 is 1.42 bits per heavy atom. The zero-order valence-corrected chi connectivity index (χ0v) is 40.0. The number of rotatable bonds is 23. The monoisotopic (exact) mass is 1010 g/mol. The molecule has 2 fully saturated rings. The summed E-state index contributed by atoms with van der Waals surface area (Å²) in [7, 11) is 1.17. The van der Waals surface area contributed by atoms with Crippen molar-refractivity contribution in [3.05, 3.63) is 100 Å². The molecule has 72 heavy (non-hydrogen) atoms. The number of fused-ring (bicyclic) bond motifs is 1. The zero-order valence-electron chi connectivity index (χ0n) is 40.0. The van der Waals surface area contributed by atoms with Crippen LogP contribution in [-0.4, -0.2) is 115 Å². The number of esters is 1. The Morgan fingerprint density at radius 3 is 2.06 bits per heavy atom. The van der Waals surface area contributed by atoms with Gasteiger partial charge < -0.3 is 70.8 Å². The number of nitro groups is 1. The van der Waals surface area contributed by atoms with Crippen LogP contribution in [0.25, 0.3) is 0 Å². The number of nitrogens with zero attached hydrogens (tertiary/aromatic N) is 1. The average Bonchev–Trinajstić information content (AvgIpc) is 3.83. The molecule has 0 aliphatic carbocycles. The van der Waals surface area contributed by atoms with E-state index in [1.807, 2.05) is 0 Å². The number of ether oxygens (including phenoxy) is 7. The highest BCUT2D eigenvalue weighted by atomic mass is 16.8. The molecule has 7 amide bonds. The van der Waals surface area contributed by atoms with Gasteiger partial charge in [-0.1, -0.05) is 56.3 Å². The Hall–Kier alpha value is -7.90. The summed E-state index contributed by atoms with van der Waals surface area (Å²) in [5.41, 5.74) is 6.46. The maximum absolute atomic E-state index is 14.1. The van der Waals surface area contributed by atoms with E-state index in [4.69, 9.17) is 38.9 Å². The van der Waals surface area contributed by atoms with Gasteiger partial charge in [-0.15, -0.1) is 0 Å². The summed E-state index contributed by atoms with van der Waals surface area (Å²) in [6.45, 7) is 6.20. The van der Waals surface area contributed by atoms with Crippen LogP contribution in [0.4, 0.5) is 25.8 Å². The fraction of sp³-hybridized carbons (Fsp3) is 0.447. The summed E-state index contributed by atoms with van der Waals surface area (Å²) in [5, 5.41) is 26.4. The van der Waals surface area contributed by atoms with Gasteiger partial charge in [0.1, 0.15) is 49.3 Å². The molecule has 7 atom stereocenters. The van der Waals surface area contributed by atoms with Gasteiger partial charge >= 0.3 is 24.2 Å². The molecule has 0 spiro atoms. The van der Waals surface area contributed by atoms with E-state index in [1.165, 1.54) is 31.4 Å². The normalized spacial score (nSPS) is 18.7. The van der Waals surface area contributed by atoms with Crippen molar-refractivity contribution < 1.29 is 76.4 Å². The smallest absolute Gasteiger partial charge is 0.467 e. The van der Waals surface area contributed by atoms with E-state index in [2.05, 4.69) is 31.9 Å². The second kappa shape index (κ2) is 25.8. The summed E-state index contributed by atoms with van der Waals surface area (Å²) in [4.78, 5) is 115. The molecular weight excluding hydrogens is 949 g/mol. The number of benzene rings is 3. The molecule has 0 aromatic heterocycles. The third kappa shape index (κ3) is 16.6. The zero-order chi connectivity index (χ0) is 52.5. The molecule has 25 heteroatoms. The predicted molar refractivity (Wildman–Crippen MR) is 250 cm³/mol. The van der Waals surface area contributed by atoms with Crippen molar-refractivity contribution in [3.63, 3.8) is 0 Å². The predicted octanol–water partition coefficient (Wildman–Crippen LogP) is 2.93. The number of hydrogen-bond acceptors (Lipinski definition) is 17. The van der Waals surface area contributed by atoms with E-state index >= 15 is 0 Å². The van der Waals surface area contributed by atoms with Gasteiger partial charge in [0, 0.05) is 30.8 Å². The molecule has 5 rings (SSSR count). The lowest BCUT2D eigenvalue weighted by atomic mass is 10.0. The maximum Gasteiger partial charge on any atom is 0.514 e. The number of nitrogens with one attached hydrogen (secondary N) is 6. The number of carbonyl (C=O) groups excluding carboxylic acids is 8. The van der Waals surface area contributed by atoms with Crippen LogP contribution in [0.5, 0.6) is 5.75 Å². The Balaban J connectivity index is 1.23. The average molecular weight is 1010 g/mol. The van der Waals surface area contributed by atoms with Crippen LogP contribution >= 0.6 is 0 Å². The van der Waals surface area contributed by atoms with E-state index in [9.17, 15) is 48.5 Å². The number of nitro benzene ring substituents is 1. The van der Waals surface area contributed by atoms with Crippen LogP contribution in [0.3, 0.4) is 0 Å². The molecule has 0 bridgehead atoms. The minimum Gasteiger partial charge on any atom is -0.467 e. The largest absolute Gasteiger partial charge is 0.514 e. The highest BCUT2D eigenvalue weighted by Crippen LogP contribution is 2.38. The quantitative estimate of drug-likeness (QED) is 0.0179. The van der Waals surface area contributed by atoms with Crippen LogP contribution in [-0.2, 0) is 65.6 Å². The number of non-ortho nitro benzene ring substituents is 1. The molecule has 0 unspecified atom stereocenters. The van der Waals surface area contributed by atoms with Crippen LogP contribution in [0.15, 0.2) is 78.9 Å². The number of anilines is 1. The lowest BCUT2D eigenvalue weighted by Gasteiger charge is -2.27. The van der Waals surface area contributed by atoms with Crippen molar-refractivity contribution in [2.75, 3.05) is 19.0 Å². The second-order valence-electron chi connectivity index (χ2n) is 17.2. The van der Waals surface area contributed by atoms with Crippen molar-refractivity contribution in [1.82, 2.24) is 26.6 Å². The van der Waals surface area contributed by atoms with E-state index in [0.717, 1.165) is 12.1 Å². The first-order chi connectivity index (χ1) is 34.2. The van der Waals surface area contributed by atoms with Gasteiger partial charge in [-0.05, 0) is 74.4 Å². The SMILES string of the molecule is COC(=O)[C@H]1O[C@@H](NC(=O)CC[C@H](NC(=O)OCc2ccccc2)C(=O)N[C@H](C(=O)N[C@@H](CCCNC(N)=O)C(=O)Nc2ccc(COC(=O)Oc3ccc([N+](=O)[O-])cc3)cc2)C(C)C)[C@@H]2OC(C)(C)O[C@@H]21. The highest BCUT2D eigenvalue weighted by molar-refractivity contribution is 5.99. The summed E-state index contributed by atoms with van der Waals surface area (Å²) in [6.07, 6.45) is -6.74. The number of urea groups is 1.